The van der Waals surface area contributed by atoms with Crippen molar-refractivity contribution in [3.05, 3.63) is 12.3 Å². The summed E-state index contributed by atoms with van der Waals surface area (Å²) in [5, 5.41) is 6.66. The first-order chi connectivity index (χ1) is 5.41. The van der Waals surface area contributed by atoms with Crippen LogP contribution in [0, 0.1) is 5.41 Å². The molecule has 0 aliphatic carbocycles. The molecule has 2 heteroatoms. The van der Waals surface area contributed by atoms with Gasteiger partial charge in [0.25, 0.3) is 0 Å². The molecule has 2 aliphatic rings. The second-order valence-electron chi connectivity index (χ2n) is 3.65. The standard InChI is InChI=1S/C9H16N2/c1-5-10-6-2-9(1)3-7-11-8-4-9/h1,5,10-11H,2-4,6-8H2. The highest BCUT2D eigenvalue weighted by Crippen LogP contribution is 2.34. The van der Waals surface area contributed by atoms with E-state index in [9.17, 15) is 0 Å². The number of hydrogen-bond donors (Lipinski definition) is 2. The maximum absolute atomic E-state index is 3.40. The molecule has 0 unspecified atom stereocenters. The Balaban J connectivity index is 2.06. The number of hydrogen-bond acceptors (Lipinski definition) is 2. The summed E-state index contributed by atoms with van der Waals surface area (Å²) in [6.07, 6.45) is 8.48. The van der Waals surface area contributed by atoms with E-state index in [1.807, 2.05) is 0 Å². The summed E-state index contributed by atoms with van der Waals surface area (Å²) in [5.41, 5.74) is 0.552. The Morgan fingerprint density at radius 3 is 2.36 bits per heavy atom. The minimum atomic E-state index is 0.552. The van der Waals surface area contributed by atoms with Gasteiger partial charge < -0.3 is 10.6 Å². The number of piperidine rings is 1. The molecule has 1 spiro atoms. The van der Waals surface area contributed by atoms with E-state index in [-0.39, 0.29) is 0 Å². The summed E-state index contributed by atoms with van der Waals surface area (Å²) in [6, 6.07) is 0. The van der Waals surface area contributed by atoms with E-state index in [0.29, 0.717) is 5.41 Å². The minimum Gasteiger partial charge on any atom is -0.391 e. The third-order valence-corrected chi connectivity index (χ3v) is 2.92. The fourth-order valence-electron chi connectivity index (χ4n) is 2.06. The highest BCUT2D eigenvalue weighted by molar-refractivity contribution is 5.04. The lowest BCUT2D eigenvalue weighted by Gasteiger charge is -2.37. The molecule has 0 aromatic heterocycles. The van der Waals surface area contributed by atoms with Crippen LogP contribution in [0.3, 0.4) is 0 Å². The molecule has 0 atom stereocenters. The SMILES string of the molecule is C1=CC2(CCN1)CCNCC2. The van der Waals surface area contributed by atoms with E-state index in [2.05, 4.69) is 22.9 Å². The van der Waals surface area contributed by atoms with Gasteiger partial charge in [-0.1, -0.05) is 6.08 Å². The van der Waals surface area contributed by atoms with Crippen LogP contribution in [0.4, 0.5) is 0 Å². The molecule has 0 bridgehead atoms. The van der Waals surface area contributed by atoms with Gasteiger partial charge in [0.05, 0.1) is 0 Å². The maximum atomic E-state index is 3.40. The highest BCUT2D eigenvalue weighted by atomic mass is 14.9. The van der Waals surface area contributed by atoms with Crippen LogP contribution in [-0.2, 0) is 0 Å². The molecule has 1 fully saturated rings. The zero-order valence-electron chi connectivity index (χ0n) is 6.90. The Morgan fingerprint density at radius 1 is 1.00 bits per heavy atom. The predicted octanol–water partition coefficient (Wildman–Crippen LogP) is 0.863. The Labute approximate surface area is 68.1 Å². The molecule has 2 N–H and O–H groups in total. The van der Waals surface area contributed by atoms with Crippen LogP contribution >= 0.6 is 0 Å². The lowest BCUT2D eigenvalue weighted by Crippen LogP contribution is -2.39. The third-order valence-electron chi connectivity index (χ3n) is 2.92. The first-order valence-corrected chi connectivity index (χ1v) is 4.53. The summed E-state index contributed by atoms with van der Waals surface area (Å²) in [6.45, 7) is 3.56. The molecule has 2 nitrogen and oxygen atoms in total. The molecule has 62 valence electrons. The zero-order valence-corrected chi connectivity index (χ0v) is 6.90. The zero-order chi connectivity index (χ0) is 7.57. The van der Waals surface area contributed by atoms with E-state index in [4.69, 9.17) is 0 Å². The summed E-state index contributed by atoms with van der Waals surface area (Å²) in [5.74, 6) is 0. The monoisotopic (exact) mass is 152 g/mol. The summed E-state index contributed by atoms with van der Waals surface area (Å²) >= 11 is 0. The molecule has 0 radical (unpaired) electrons. The van der Waals surface area contributed by atoms with Crippen molar-refractivity contribution in [2.75, 3.05) is 19.6 Å². The molecule has 0 aromatic carbocycles. The van der Waals surface area contributed by atoms with Crippen LogP contribution < -0.4 is 10.6 Å². The van der Waals surface area contributed by atoms with Gasteiger partial charge in [-0.2, -0.15) is 0 Å². The Hall–Kier alpha value is -0.500. The van der Waals surface area contributed by atoms with Crippen molar-refractivity contribution in [1.82, 2.24) is 10.6 Å². The molecule has 0 amide bonds. The Kier molecular flexibility index (Phi) is 1.86. The fraction of sp³-hybridized carbons (Fsp3) is 0.778. The van der Waals surface area contributed by atoms with Gasteiger partial charge in [-0.05, 0) is 44.0 Å². The van der Waals surface area contributed by atoms with Gasteiger partial charge in [0.1, 0.15) is 0 Å². The van der Waals surface area contributed by atoms with Crippen molar-refractivity contribution in [3.63, 3.8) is 0 Å². The molecule has 0 aromatic rings. The number of allylic oxidation sites excluding steroid dienone is 1. The second-order valence-corrected chi connectivity index (χ2v) is 3.65. The lowest BCUT2D eigenvalue weighted by atomic mass is 9.75. The normalized spacial score (nSPS) is 28.4. The molecule has 2 aliphatic heterocycles. The van der Waals surface area contributed by atoms with Crippen LogP contribution in [0.15, 0.2) is 12.3 Å². The van der Waals surface area contributed by atoms with Gasteiger partial charge in [-0.3, -0.25) is 0 Å². The van der Waals surface area contributed by atoms with Crippen LogP contribution in [0.5, 0.6) is 0 Å². The highest BCUT2D eigenvalue weighted by Gasteiger charge is 2.29. The van der Waals surface area contributed by atoms with Crippen molar-refractivity contribution >= 4 is 0 Å². The molecule has 1 saturated heterocycles. The van der Waals surface area contributed by atoms with Crippen LogP contribution in [0.1, 0.15) is 19.3 Å². The number of rotatable bonds is 0. The quantitative estimate of drug-likeness (QED) is 0.538. The third kappa shape index (κ3) is 1.41. The molecule has 2 rings (SSSR count). The number of nitrogens with one attached hydrogen (secondary N) is 2. The molecule has 2 heterocycles. The molecule has 11 heavy (non-hydrogen) atoms. The van der Waals surface area contributed by atoms with Crippen molar-refractivity contribution in [2.45, 2.75) is 19.3 Å². The molecule has 0 saturated carbocycles. The fourth-order valence-corrected chi connectivity index (χ4v) is 2.06. The molecular formula is C9H16N2. The smallest absolute Gasteiger partial charge is 0.0149 e. The first-order valence-electron chi connectivity index (χ1n) is 4.53. The molecular weight excluding hydrogens is 136 g/mol. The topological polar surface area (TPSA) is 24.1 Å². The van der Waals surface area contributed by atoms with Crippen LogP contribution in [0.2, 0.25) is 0 Å². The lowest BCUT2D eigenvalue weighted by molar-refractivity contribution is 0.243. The van der Waals surface area contributed by atoms with E-state index < -0.39 is 0 Å². The van der Waals surface area contributed by atoms with E-state index in [1.54, 1.807) is 0 Å². The van der Waals surface area contributed by atoms with Gasteiger partial charge in [0, 0.05) is 6.54 Å². The van der Waals surface area contributed by atoms with E-state index >= 15 is 0 Å². The van der Waals surface area contributed by atoms with E-state index in [0.717, 1.165) is 6.54 Å². The van der Waals surface area contributed by atoms with Gasteiger partial charge >= 0.3 is 0 Å². The van der Waals surface area contributed by atoms with Gasteiger partial charge in [-0.25, -0.2) is 0 Å². The van der Waals surface area contributed by atoms with Crippen molar-refractivity contribution in [2.24, 2.45) is 5.41 Å². The first kappa shape index (κ1) is 7.17. The summed E-state index contributed by atoms with van der Waals surface area (Å²) < 4.78 is 0. The van der Waals surface area contributed by atoms with Gasteiger partial charge in [0.2, 0.25) is 0 Å². The Bertz CT molecular complexity index is 157. The van der Waals surface area contributed by atoms with Crippen molar-refractivity contribution in [1.29, 1.82) is 0 Å². The summed E-state index contributed by atoms with van der Waals surface area (Å²) in [4.78, 5) is 0. The van der Waals surface area contributed by atoms with E-state index in [1.165, 1.54) is 32.4 Å². The minimum absolute atomic E-state index is 0.552. The van der Waals surface area contributed by atoms with Crippen molar-refractivity contribution in [3.8, 4) is 0 Å². The Morgan fingerprint density at radius 2 is 1.73 bits per heavy atom. The van der Waals surface area contributed by atoms with Crippen molar-refractivity contribution < 1.29 is 0 Å². The van der Waals surface area contributed by atoms with Crippen LogP contribution in [0.25, 0.3) is 0 Å². The maximum Gasteiger partial charge on any atom is 0.0149 e. The average molecular weight is 152 g/mol. The average Bonchev–Trinajstić information content (AvgIpc) is 2.07. The second kappa shape index (κ2) is 2.86. The van der Waals surface area contributed by atoms with Gasteiger partial charge in [-0.15, -0.1) is 0 Å². The summed E-state index contributed by atoms with van der Waals surface area (Å²) in [7, 11) is 0. The largest absolute Gasteiger partial charge is 0.391 e. The van der Waals surface area contributed by atoms with Crippen LogP contribution in [-0.4, -0.2) is 19.6 Å². The predicted molar refractivity (Wildman–Crippen MR) is 46.3 cm³/mol. The van der Waals surface area contributed by atoms with Gasteiger partial charge in [0.15, 0.2) is 0 Å².